The number of carbonyl (C=O) groups is 1. The van der Waals surface area contributed by atoms with Crippen LogP contribution in [-0.2, 0) is 0 Å². The van der Waals surface area contributed by atoms with Gasteiger partial charge in [0.15, 0.2) is 0 Å². The molecular weight excluding hydrogens is 316 g/mol. The van der Waals surface area contributed by atoms with Crippen molar-refractivity contribution in [2.75, 3.05) is 11.5 Å². The minimum Gasteiger partial charge on any atom is -0.507 e. The van der Waals surface area contributed by atoms with E-state index < -0.39 is 0 Å². The predicted molar refractivity (Wildman–Crippen MR) is 92.4 cm³/mol. The van der Waals surface area contributed by atoms with Gasteiger partial charge in [-0.3, -0.25) is 4.79 Å². The zero-order chi connectivity index (χ0) is 15.7. The number of benzene rings is 2. The Labute approximate surface area is 138 Å². The van der Waals surface area contributed by atoms with Crippen LogP contribution in [0.5, 0.6) is 11.5 Å². The molecule has 3 nitrogen and oxygen atoms in total. The van der Waals surface area contributed by atoms with Crippen LogP contribution in [0.25, 0.3) is 0 Å². The molecular formula is C17H16O3S2. The number of hydrogen-bond donors (Lipinski definition) is 3. The summed E-state index contributed by atoms with van der Waals surface area (Å²) in [5.74, 6) is 1.32. The summed E-state index contributed by atoms with van der Waals surface area (Å²) in [7, 11) is 0. The van der Waals surface area contributed by atoms with E-state index >= 15 is 0 Å². The van der Waals surface area contributed by atoms with Gasteiger partial charge in [-0.1, -0.05) is 24.3 Å². The summed E-state index contributed by atoms with van der Waals surface area (Å²) in [5, 5.41) is 20.1. The lowest BCUT2D eigenvalue weighted by Gasteiger charge is -2.28. The summed E-state index contributed by atoms with van der Waals surface area (Å²) in [5.41, 5.74) is 2.24. The quantitative estimate of drug-likeness (QED) is 0.589. The van der Waals surface area contributed by atoms with Gasteiger partial charge < -0.3 is 10.2 Å². The van der Waals surface area contributed by atoms with Crippen molar-refractivity contribution in [3.8, 4) is 11.5 Å². The third kappa shape index (κ3) is 2.48. The van der Waals surface area contributed by atoms with Gasteiger partial charge in [-0.2, -0.15) is 12.6 Å². The second kappa shape index (κ2) is 6.26. The number of ketones is 1. The topological polar surface area (TPSA) is 57.5 Å². The smallest absolute Gasteiger partial charge is 0.201 e. The van der Waals surface area contributed by atoms with Crippen LogP contribution in [0.1, 0.15) is 38.7 Å². The molecule has 5 heteroatoms. The van der Waals surface area contributed by atoms with Crippen molar-refractivity contribution in [2.24, 2.45) is 0 Å². The highest BCUT2D eigenvalue weighted by atomic mass is 32.2. The highest BCUT2D eigenvalue weighted by Crippen LogP contribution is 2.47. The lowest BCUT2D eigenvalue weighted by Crippen LogP contribution is -2.18. The number of carbonyl (C=O) groups excluding carboxylic acids is 1. The SMILES string of the molecule is O=C1c2c(O)cccc2C(SCCCS)c2cccc(O)c21. The highest BCUT2D eigenvalue weighted by Gasteiger charge is 2.34. The first-order valence-corrected chi connectivity index (χ1v) is 8.74. The van der Waals surface area contributed by atoms with E-state index in [2.05, 4.69) is 12.6 Å². The van der Waals surface area contributed by atoms with Crippen LogP contribution < -0.4 is 0 Å². The van der Waals surface area contributed by atoms with E-state index in [0.717, 1.165) is 29.1 Å². The molecule has 3 rings (SSSR count). The number of phenolic OH excluding ortho intramolecular Hbond substituents is 2. The molecule has 2 N–H and O–H groups in total. The lowest BCUT2D eigenvalue weighted by atomic mass is 9.83. The van der Waals surface area contributed by atoms with Gasteiger partial charge in [0.2, 0.25) is 5.78 Å². The van der Waals surface area contributed by atoms with Gasteiger partial charge in [-0.05, 0) is 41.2 Å². The second-order valence-electron chi connectivity index (χ2n) is 5.14. The fraction of sp³-hybridized carbons (Fsp3) is 0.235. The number of rotatable bonds is 4. The Morgan fingerprint density at radius 2 is 1.55 bits per heavy atom. The normalized spacial score (nSPS) is 13.8. The maximum atomic E-state index is 12.7. The predicted octanol–water partition coefficient (Wildman–Crippen LogP) is 3.78. The van der Waals surface area contributed by atoms with Crippen molar-refractivity contribution in [1.82, 2.24) is 0 Å². The van der Waals surface area contributed by atoms with Gasteiger partial charge in [0, 0.05) is 0 Å². The first-order valence-electron chi connectivity index (χ1n) is 7.06. The Balaban J connectivity index is 2.15. The molecule has 0 bridgehead atoms. The van der Waals surface area contributed by atoms with Crippen LogP contribution >= 0.6 is 24.4 Å². The van der Waals surface area contributed by atoms with E-state index in [4.69, 9.17) is 0 Å². The van der Waals surface area contributed by atoms with Crippen LogP contribution in [0.15, 0.2) is 36.4 Å². The van der Waals surface area contributed by atoms with Gasteiger partial charge >= 0.3 is 0 Å². The summed E-state index contributed by atoms with van der Waals surface area (Å²) < 4.78 is 0. The number of aromatic hydroxyl groups is 2. The number of hydrogen-bond acceptors (Lipinski definition) is 5. The summed E-state index contributed by atoms with van der Waals surface area (Å²) in [6, 6.07) is 10.3. The van der Waals surface area contributed by atoms with Crippen LogP contribution in [-0.4, -0.2) is 27.5 Å². The summed E-state index contributed by atoms with van der Waals surface area (Å²) in [6.45, 7) is 0. The van der Waals surface area contributed by atoms with E-state index in [1.165, 1.54) is 12.1 Å². The molecule has 0 unspecified atom stereocenters. The molecule has 114 valence electrons. The molecule has 0 spiro atoms. The van der Waals surface area contributed by atoms with Gasteiger partial charge in [-0.25, -0.2) is 0 Å². The van der Waals surface area contributed by atoms with Crippen molar-refractivity contribution in [2.45, 2.75) is 11.7 Å². The fourth-order valence-electron chi connectivity index (χ4n) is 2.78. The van der Waals surface area contributed by atoms with Crippen molar-refractivity contribution in [3.63, 3.8) is 0 Å². The maximum Gasteiger partial charge on any atom is 0.201 e. The molecule has 0 atom stereocenters. The number of thiol groups is 1. The van der Waals surface area contributed by atoms with Crippen LogP contribution in [0.3, 0.4) is 0 Å². The van der Waals surface area contributed by atoms with Crippen molar-refractivity contribution >= 4 is 30.2 Å². The summed E-state index contributed by atoms with van der Waals surface area (Å²) in [4.78, 5) is 12.7. The molecule has 1 aliphatic rings. The number of phenols is 2. The average molecular weight is 332 g/mol. The number of fused-ring (bicyclic) bond motifs is 2. The summed E-state index contributed by atoms with van der Waals surface area (Å²) in [6.07, 6.45) is 0.959. The van der Waals surface area contributed by atoms with Crippen LogP contribution in [0, 0.1) is 0 Å². The third-order valence-electron chi connectivity index (χ3n) is 3.76. The van der Waals surface area contributed by atoms with E-state index in [1.807, 2.05) is 12.1 Å². The zero-order valence-corrected chi connectivity index (χ0v) is 13.5. The standard InChI is InChI=1S/C17H16O3S2/c18-12-6-1-4-10-14(12)16(20)15-11(5-2-7-13(15)19)17(10)22-9-3-8-21/h1-2,4-7,17-19,21H,3,8-9H2. The summed E-state index contributed by atoms with van der Waals surface area (Å²) >= 11 is 5.93. The van der Waals surface area contributed by atoms with E-state index in [1.54, 1.807) is 23.9 Å². The molecule has 0 amide bonds. The second-order valence-corrected chi connectivity index (χ2v) is 6.80. The molecule has 0 fully saturated rings. The van der Waals surface area contributed by atoms with Crippen molar-refractivity contribution in [3.05, 3.63) is 58.7 Å². The molecule has 2 aromatic rings. The van der Waals surface area contributed by atoms with E-state index in [-0.39, 0.29) is 22.5 Å². The van der Waals surface area contributed by atoms with Crippen LogP contribution in [0.2, 0.25) is 0 Å². The molecule has 0 aliphatic heterocycles. The van der Waals surface area contributed by atoms with Crippen molar-refractivity contribution in [1.29, 1.82) is 0 Å². The molecule has 22 heavy (non-hydrogen) atoms. The Morgan fingerprint density at radius 3 is 2.05 bits per heavy atom. The molecule has 0 saturated heterocycles. The Kier molecular flexibility index (Phi) is 4.36. The molecule has 2 aromatic carbocycles. The Bertz CT molecular complexity index is 672. The first kappa shape index (κ1) is 15.3. The minimum absolute atomic E-state index is 0.0313. The van der Waals surface area contributed by atoms with Gasteiger partial charge in [0.25, 0.3) is 0 Å². The van der Waals surface area contributed by atoms with Gasteiger partial charge in [0.1, 0.15) is 11.5 Å². The molecule has 0 radical (unpaired) electrons. The third-order valence-corrected chi connectivity index (χ3v) is 5.44. The molecule has 0 heterocycles. The monoisotopic (exact) mass is 332 g/mol. The maximum absolute atomic E-state index is 12.7. The molecule has 1 aliphatic carbocycles. The Hall–Kier alpha value is -1.59. The highest BCUT2D eigenvalue weighted by molar-refractivity contribution is 7.99. The number of thioether (sulfide) groups is 1. The fourth-order valence-corrected chi connectivity index (χ4v) is 4.46. The van der Waals surface area contributed by atoms with Gasteiger partial charge in [0.05, 0.1) is 16.4 Å². The van der Waals surface area contributed by atoms with Crippen molar-refractivity contribution < 1.29 is 15.0 Å². The van der Waals surface area contributed by atoms with Crippen LogP contribution in [0.4, 0.5) is 0 Å². The van der Waals surface area contributed by atoms with Gasteiger partial charge in [-0.15, -0.1) is 11.8 Å². The Morgan fingerprint density at radius 1 is 1.00 bits per heavy atom. The zero-order valence-electron chi connectivity index (χ0n) is 11.8. The molecule has 0 saturated carbocycles. The largest absolute Gasteiger partial charge is 0.507 e. The molecule has 0 aromatic heterocycles. The first-order chi connectivity index (χ1) is 10.6. The van der Waals surface area contributed by atoms with E-state index in [9.17, 15) is 15.0 Å². The minimum atomic E-state index is -0.313. The van der Waals surface area contributed by atoms with E-state index in [0.29, 0.717) is 11.1 Å². The average Bonchev–Trinajstić information content (AvgIpc) is 2.50. The lowest BCUT2D eigenvalue weighted by molar-refractivity contribution is 0.102.